The SMILES string of the molecule is CSC(=N)c1cc(CC(C(=O)O)c2c(F)cc3[nH]ccc3c2Br)ccc1F. The molecule has 4 nitrogen and oxygen atoms in total. The number of fused-ring (bicyclic) bond motifs is 1. The first-order valence-corrected chi connectivity index (χ1v) is 9.94. The van der Waals surface area contributed by atoms with Crippen molar-refractivity contribution in [2.24, 2.45) is 0 Å². The first-order valence-electron chi connectivity index (χ1n) is 7.92. The molecule has 3 rings (SSSR count). The van der Waals surface area contributed by atoms with Crippen LogP contribution in [0.25, 0.3) is 10.9 Å². The van der Waals surface area contributed by atoms with Crippen LogP contribution in [0, 0.1) is 17.0 Å². The number of hydrogen-bond donors (Lipinski definition) is 3. The number of carboxylic acid groups (broad SMARTS) is 1. The highest BCUT2D eigenvalue weighted by Gasteiger charge is 2.28. The number of halogens is 3. The highest BCUT2D eigenvalue weighted by molar-refractivity contribution is 9.10. The van der Waals surface area contributed by atoms with Crippen LogP contribution in [0.3, 0.4) is 0 Å². The van der Waals surface area contributed by atoms with Crippen molar-refractivity contribution < 1.29 is 18.7 Å². The van der Waals surface area contributed by atoms with Gasteiger partial charge in [-0.2, -0.15) is 0 Å². The number of thioether (sulfide) groups is 1. The lowest BCUT2D eigenvalue weighted by Gasteiger charge is -2.17. The Balaban J connectivity index is 2.06. The van der Waals surface area contributed by atoms with Gasteiger partial charge in [0.05, 0.1) is 11.0 Å². The molecule has 0 aliphatic carbocycles. The van der Waals surface area contributed by atoms with Crippen LogP contribution in [0.1, 0.15) is 22.6 Å². The average Bonchev–Trinajstić information content (AvgIpc) is 3.10. The Morgan fingerprint density at radius 1 is 1.30 bits per heavy atom. The standard InChI is InChI=1S/C19H15BrF2N2O2S/c1-27-18(23)11-6-9(2-3-13(11)21)7-12(19(25)26)16-14(22)8-15-10(17(16)20)4-5-24-15/h2-6,8,12,23-24H,7H2,1H3,(H,25,26). The monoisotopic (exact) mass is 452 g/mol. The van der Waals surface area contributed by atoms with Crippen molar-refractivity contribution in [2.45, 2.75) is 12.3 Å². The van der Waals surface area contributed by atoms with Gasteiger partial charge in [0.15, 0.2) is 0 Å². The number of nitrogens with one attached hydrogen (secondary N) is 2. The van der Waals surface area contributed by atoms with E-state index in [0.717, 1.165) is 11.8 Å². The van der Waals surface area contributed by atoms with Gasteiger partial charge >= 0.3 is 5.97 Å². The molecule has 0 spiro atoms. The zero-order valence-electron chi connectivity index (χ0n) is 14.1. The molecule has 8 heteroatoms. The average molecular weight is 453 g/mol. The predicted octanol–water partition coefficient (Wildman–Crippen LogP) is 5.31. The van der Waals surface area contributed by atoms with Gasteiger partial charge in [-0.15, -0.1) is 11.8 Å². The summed E-state index contributed by atoms with van der Waals surface area (Å²) in [6, 6.07) is 7.12. The van der Waals surface area contributed by atoms with Crippen LogP contribution in [-0.4, -0.2) is 27.4 Å². The number of aliphatic carboxylic acids is 1. The van der Waals surface area contributed by atoms with Crippen LogP contribution in [0.5, 0.6) is 0 Å². The van der Waals surface area contributed by atoms with Crippen molar-refractivity contribution in [1.29, 1.82) is 5.41 Å². The smallest absolute Gasteiger partial charge is 0.311 e. The number of carbonyl (C=O) groups is 1. The number of benzene rings is 2. The highest BCUT2D eigenvalue weighted by atomic mass is 79.9. The van der Waals surface area contributed by atoms with Crippen LogP contribution >= 0.6 is 27.7 Å². The van der Waals surface area contributed by atoms with E-state index in [1.807, 2.05) is 0 Å². The predicted molar refractivity (Wildman–Crippen MR) is 107 cm³/mol. The van der Waals surface area contributed by atoms with Crippen LogP contribution in [0.15, 0.2) is 41.0 Å². The Labute approximate surface area is 166 Å². The third-order valence-electron chi connectivity index (χ3n) is 4.35. The fourth-order valence-electron chi connectivity index (χ4n) is 3.00. The molecule has 0 aliphatic heterocycles. The second-order valence-electron chi connectivity index (χ2n) is 5.97. The molecular weight excluding hydrogens is 438 g/mol. The van der Waals surface area contributed by atoms with Gasteiger partial charge < -0.3 is 10.1 Å². The normalized spacial score (nSPS) is 12.3. The lowest BCUT2D eigenvalue weighted by atomic mass is 9.90. The maximum Gasteiger partial charge on any atom is 0.311 e. The number of rotatable bonds is 5. The number of aromatic amines is 1. The third-order valence-corrected chi connectivity index (χ3v) is 5.83. The number of aromatic nitrogens is 1. The molecule has 27 heavy (non-hydrogen) atoms. The van der Waals surface area contributed by atoms with E-state index < -0.39 is 23.5 Å². The van der Waals surface area contributed by atoms with Gasteiger partial charge in [0, 0.05) is 32.7 Å². The van der Waals surface area contributed by atoms with E-state index >= 15 is 0 Å². The largest absolute Gasteiger partial charge is 0.481 e. The van der Waals surface area contributed by atoms with Crippen LogP contribution in [0.2, 0.25) is 0 Å². The number of hydrogen-bond acceptors (Lipinski definition) is 3. The fraction of sp³-hybridized carbons (Fsp3) is 0.158. The second kappa shape index (κ2) is 7.82. The summed E-state index contributed by atoms with van der Waals surface area (Å²) in [5, 5.41) is 18.3. The van der Waals surface area contributed by atoms with Crippen molar-refractivity contribution in [3.8, 4) is 0 Å². The Hall–Kier alpha value is -2.19. The summed E-state index contributed by atoms with van der Waals surface area (Å²) in [6.45, 7) is 0. The molecule has 0 aliphatic rings. The summed E-state index contributed by atoms with van der Waals surface area (Å²) in [7, 11) is 0. The Morgan fingerprint density at radius 2 is 2.04 bits per heavy atom. The second-order valence-corrected chi connectivity index (χ2v) is 7.58. The molecule has 3 N–H and O–H groups in total. The summed E-state index contributed by atoms with van der Waals surface area (Å²) in [5.41, 5.74) is 1.22. The lowest BCUT2D eigenvalue weighted by molar-refractivity contribution is -0.138. The van der Waals surface area contributed by atoms with E-state index in [-0.39, 0.29) is 22.6 Å². The maximum atomic E-state index is 14.7. The van der Waals surface area contributed by atoms with E-state index in [0.29, 0.717) is 20.9 Å². The van der Waals surface area contributed by atoms with Gasteiger partial charge in [-0.3, -0.25) is 10.2 Å². The number of carboxylic acids is 1. The van der Waals surface area contributed by atoms with Gasteiger partial charge in [-0.05, 0) is 58.4 Å². The number of H-pyrrole nitrogens is 1. The van der Waals surface area contributed by atoms with Gasteiger partial charge in [-0.25, -0.2) is 8.78 Å². The molecule has 1 unspecified atom stereocenters. The van der Waals surface area contributed by atoms with Crippen molar-refractivity contribution in [3.63, 3.8) is 0 Å². The minimum absolute atomic E-state index is 0.0320. The van der Waals surface area contributed by atoms with Crippen LogP contribution in [-0.2, 0) is 11.2 Å². The summed E-state index contributed by atoms with van der Waals surface area (Å²) in [5.74, 6) is -3.54. The summed E-state index contributed by atoms with van der Waals surface area (Å²) in [4.78, 5) is 14.8. The molecular formula is C19H15BrF2N2O2S. The topological polar surface area (TPSA) is 76.9 Å². The molecule has 1 aromatic heterocycles. The summed E-state index contributed by atoms with van der Waals surface area (Å²) < 4.78 is 29.0. The highest BCUT2D eigenvalue weighted by Crippen LogP contribution is 2.36. The Bertz CT molecular complexity index is 1050. The molecule has 1 heterocycles. The molecule has 0 fully saturated rings. The third kappa shape index (κ3) is 3.77. The van der Waals surface area contributed by atoms with Gasteiger partial charge in [0.1, 0.15) is 11.6 Å². The van der Waals surface area contributed by atoms with Gasteiger partial charge in [-0.1, -0.05) is 6.07 Å². The van der Waals surface area contributed by atoms with Crippen LogP contribution in [0.4, 0.5) is 8.78 Å². The Kier molecular flexibility index (Phi) is 5.67. The van der Waals surface area contributed by atoms with E-state index in [4.69, 9.17) is 5.41 Å². The van der Waals surface area contributed by atoms with E-state index in [1.165, 1.54) is 24.3 Å². The van der Waals surface area contributed by atoms with E-state index in [9.17, 15) is 18.7 Å². The van der Waals surface area contributed by atoms with E-state index in [2.05, 4.69) is 20.9 Å². The lowest BCUT2D eigenvalue weighted by Crippen LogP contribution is -2.17. The first kappa shape index (κ1) is 19.6. The van der Waals surface area contributed by atoms with Gasteiger partial charge in [0.25, 0.3) is 0 Å². The summed E-state index contributed by atoms with van der Waals surface area (Å²) >= 11 is 4.42. The molecule has 3 aromatic rings. The maximum absolute atomic E-state index is 14.7. The summed E-state index contributed by atoms with van der Waals surface area (Å²) in [6.07, 6.45) is 3.28. The molecule has 0 saturated heterocycles. The van der Waals surface area contributed by atoms with Crippen LogP contribution < -0.4 is 0 Å². The molecule has 0 amide bonds. The Morgan fingerprint density at radius 3 is 2.70 bits per heavy atom. The molecule has 0 bridgehead atoms. The first-order chi connectivity index (χ1) is 12.8. The zero-order chi connectivity index (χ0) is 19.7. The molecule has 2 aromatic carbocycles. The molecule has 0 radical (unpaired) electrons. The molecule has 0 saturated carbocycles. The van der Waals surface area contributed by atoms with Crippen molar-refractivity contribution in [2.75, 3.05) is 6.26 Å². The van der Waals surface area contributed by atoms with Crippen molar-refractivity contribution >= 4 is 49.6 Å². The quantitative estimate of drug-likeness (QED) is 0.362. The van der Waals surface area contributed by atoms with E-state index in [1.54, 1.807) is 18.5 Å². The zero-order valence-corrected chi connectivity index (χ0v) is 16.5. The minimum atomic E-state index is -1.18. The van der Waals surface area contributed by atoms with Gasteiger partial charge in [0.2, 0.25) is 0 Å². The van der Waals surface area contributed by atoms with Crippen molar-refractivity contribution in [3.05, 3.63) is 69.3 Å². The molecule has 140 valence electrons. The molecule has 1 atom stereocenters. The minimum Gasteiger partial charge on any atom is -0.481 e. The van der Waals surface area contributed by atoms with Crippen molar-refractivity contribution in [1.82, 2.24) is 4.98 Å². The fourth-order valence-corrected chi connectivity index (χ4v) is 4.19.